The lowest BCUT2D eigenvalue weighted by molar-refractivity contribution is -0.139. The molecule has 7 nitrogen and oxygen atoms in total. The van der Waals surface area contributed by atoms with Gasteiger partial charge in [0.2, 0.25) is 10.0 Å². The summed E-state index contributed by atoms with van der Waals surface area (Å²) < 4.78 is 27.1. The number of rotatable bonds is 7. The summed E-state index contributed by atoms with van der Waals surface area (Å²) in [4.78, 5) is 24.1. The predicted octanol–water partition coefficient (Wildman–Crippen LogP) is 2.40. The number of carboxylic acids is 1. The zero-order valence-corrected chi connectivity index (χ0v) is 16.9. The average molecular weight is 397 g/mol. The first kappa shape index (κ1) is 21.4. The topological polar surface area (TPSA) is 104 Å². The summed E-state index contributed by atoms with van der Waals surface area (Å²) in [6, 6.07) is 3.42. The van der Waals surface area contributed by atoms with Gasteiger partial charge in [-0.25, -0.2) is 13.2 Å². The molecular formula is C19H28N2O5S. The van der Waals surface area contributed by atoms with Crippen LogP contribution in [-0.4, -0.2) is 48.8 Å². The Balaban J connectivity index is 2.28. The van der Waals surface area contributed by atoms with Crippen LogP contribution in [-0.2, 0) is 14.8 Å². The second-order valence-corrected chi connectivity index (χ2v) is 9.37. The van der Waals surface area contributed by atoms with Gasteiger partial charge in [0, 0.05) is 18.7 Å². The van der Waals surface area contributed by atoms with Crippen molar-refractivity contribution in [3.63, 3.8) is 0 Å². The number of carboxylic acid groups (broad SMARTS) is 1. The molecule has 1 aromatic carbocycles. The second kappa shape index (κ2) is 8.84. The fourth-order valence-electron chi connectivity index (χ4n) is 3.19. The molecule has 27 heavy (non-hydrogen) atoms. The van der Waals surface area contributed by atoms with Crippen molar-refractivity contribution >= 4 is 21.9 Å². The minimum Gasteiger partial charge on any atom is -0.480 e. The fourth-order valence-corrected chi connectivity index (χ4v) is 4.73. The molecule has 150 valence electrons. The summed E-state index contributed by atoms with van der Waals surface area (Å²) in [6.07, 6.45) is 2.97. The number of nitrogens with one attached hydrogen (secondary N) is 1. The third-order valence-electron chi connectivity index (χ3n) is 4.72. The van der Waals surface area contributed by atoms with Crippen LogP contribution < -0.4 is 5.32 Å². The van der Waals surface area contributed by atoms with Crippen LogP contribution in [0.15, 0.2) is 23.1 Å². The van der Waals surface area contributed by atoms with E-state index in [0.717, 1.165) is 19.3 Å². The molecule has 0 aliphatic carbocycles. The summed E-state index contributed by atoms with van der Waals surface area (Å²) >= 11 is 0. The van der Waals surface area contributed by atoms with Gasteiger partial charge in [0.15, 0.2) is 0 Å². The van der Waals surface area contributed by atoms with E-state index in [2.05, 4.69) is 5.32 Å². The van der Waals surface area contributed by atoms with Gasteiger partial charge in [0.25, 0.3) is 5.91 Å². The maximum atomic E-state index is 12.8. The monoisotopic (exact) mass is 396 g/mol. The highest BCUT2D eigenvalue weighted by atomic mass is 32.2. The van der Waals surface area contributed by atoms with Crippen molar-refractivity contribution in [3.05, 3.63) is 29.3 Å². The Labute approximate surface area is 160 Å². The molecule has 1 atom stereocenters. The summed E-state index contributed by atoms with van der Waals surface area (Å²) in [5, 5.41) is 11.8. The lowest BCUT2D eigenvalue weighted by Crippen LogP contribution is -2.42. The predicted molar refractivity (Wildman–Crippen MR) is 102 cm³/mol. The van der Waals surface area contributed by atoms with Gasteiger partial charge in [-0.15, -0.1) is 0 Å². The summed E-state index contributed by atoms with van der Waals surface area (Å²) in [7, 11) is -3.66. The molecule has 1 fully saturated rings. The van der Waals surface area contributed by atoms with Crippen LogP contribution in [0.4, 0.5) is 0 Å². The Bertz CT molecular complexity index is 798. The highest BCUT2D eigenvalue weighted by Gasteiger charge is 2.28. The summed E-state index contributed by atoms with van der Waals surface area (Å²) in [5.41, 5.74) is 0.780. The van der Waals surface area contributed by atoms with Crippen molar-refractivity contribution in [1.82, 2.24) is 9.62 Å². The lowest BCUT2D eigenvalue weighted by Gasteiger charge is -2.26. The van der Waals surface area contributed by atoms with Gasteiger partial charge in [0.05, 0.1) is 4.90 Å². The van der Waals surface area contributed by atoms with Crippen molar-refractivity contribution in [2.24, 2.45) is 5.92 Å². The molecule has 0 saturated carbocycles. The van der Waals surface area contributed by atoms with E-state index in [4.69, 9.17) is 0 Å². The van der Waals surface area contributed by atoms with Crippen molar-refractivity contribution in [3.8, 4) is 0 Å². The Morgan fingerprint density at radius 1 is 1.19 bits per heavy atom. The zero-order valence-electron chi connectivity index (χ0n) is 16.1. The minimum atomic E-state index is -3.66. The van der Waals surface area contributed by atoms with E-state index >= 15 is 0 Å². The molecule has 1 heterocycles. The standard InChI is InChI=1S/C19H28N2O5S/c1-13(2)11-17(19(23)24)20-18(22)16-12-15(8-7-14(16)3)27(25,26)21-9-5-4-6-10-21/h7-8,12-13,17H,4-6,9-11H2,1-3H3,(H,20,22)(H,23,24)/t17-/m1/s1. The molecule has 0 unspecified atom stereocenters. The molecule has 1 saturated heterocycles. The molecule has 1 aromatic rings. The van der Waals surface area contributed by atoms with E-state index in [0.29, 0.717) is 25.1 Å². The maximum absolute atomic E-state index is 12.8. The molecule has 1 aliphatic heterocycles. The van der Waals surface area contributed by atoms with Gasteiger partial charge >= 0.3 is 5.97 Å². The Morgan fingerprint density at radius 3 is 2.37 bits per heavy atom. The number of piperidine rings is 1. The normalized spacial score (nSPS) is 16.9. The number of hydrogen-bond acceptors (Lipinski definition) is 4. The summed E-state index contributed by atoms with van der Waals surface area (Å²) in [6.45, 7) is 6.41. The van der Waals surface area contributed by atoms with E-state index in [1.807, 2.05) is 13.8 Å². The molecule has 0 bridgehead atoms. The number of benzene rings is 1. The number of carbonyl (C=O) groups excluding carboxylic acids is 1. The van der Waals surface area contributed by atoms with E-state index < -0.39 is 27.9 Å². The number of nitrogens with zero attached hydrogens (tertiary/aromatic N) is 1. The molecule has 1 amide bonds. The summed E-state index contributed by atoms with van der Waals surface area (Å²) in [5.74, 6) is -1.58. The second-order valence-electron chi connectivity index (χ2n) is 7.44. The third kappa shape index (κ3) is 5.29. The SMILES string of the molecule is Cc1ccc(S(=O)(=O)N2CCCCC2)cc1C(=O)N[C@H](CC(C)C)C(=O)O. The number of amides is 1. The molecule has 2 rings (SSSR count). The minimum absolute atomic E-state index is 0.0656. The lowest BCUT2D eigenvalue weighted by atomic mass is 10.0. The number of aryl methyl sites for hydroxylation is 1. The fraction of sp³-hybridized carbons (Fsp3) is 0.579. The first-order valence-electron chi connectivity index (χ1n) is 9.27. The highest BCUT2D eigenvalue weighted by Crippen LogP contribution is 2.23. The van der Waals surface area contributed by atoms with Gasteiger partial charge in [-0.3, -0.25) is 4.79 Å². The van der Waals surface area contributed by atoms with E-state index in [9.17, 15) is 23.1 Å². The van der Waals surface area contributed by atoms with Crippen LogP contribution in [0.5, 0.6) is 0 Å². The van der Waals surface area contributed by atoms with E-state index in [-0.39, 0.29) is 16.4 Å². The zero-order chi connectivity index (χ0) is 20.2. The highest BCUT2D eigenvalue weighted by molar-refractivity contribution is 7.89. The van der Waals surface area contributed by atoms with E-state index in [1.165, 1.54) is 16.4 Å². The van der Waals surface area contributed by atoms with Gasteiger partial charge in [-0.2, -0.15) is 4.31 Å². The third-order valence-corrected chi connectivity index (χ3v) is 6.61. The maximum Gasteiger partial charge on any atom is 0.326 e. The van der Waals surface area contributed by atoms with Crippen molar-refractivity contribution in [2.45, 2.75) is 57.4 Å². The molecule has 1 aliphatic rings. The van der Waals surface area contributed by atoms with Crippen LogP contribution in [0, 0.1) is 12.8 Å². The van der Waals surface area contributed by atoms with Crippen molar-refractivity contribution in [1.29, 1.82) is 0 Å². The smallest absolute Gasteiger partial charge is 0.326 e. The molecular weight excluding hydrogens is 368 g/mol. The quantitative estimate of drug-likeness (QED) is 0.736. The van der Waals surface area contributed by atoms with Crippen molar-refractivity contribution < 1.29 is 23.1 Å². The average Bonchev–Trinajstić information content (AvgIpc) is 2.61. The van der Waals surface area contributed by atoms with Crippen LogP contribution in [0.3, 0.4) is 0 Å². The van der Waals surface area contributed by atoms with Crippen molar-refractivity contribution in [2.75, 3.05) is 13.1 Å². The van der Waals surface area contributed by atoms with Gasteiger partial charge in [0.1, 0.15) is 6.04 Å². The molecule has 8 heteroatoms. The first-order valence-corrected chi connectivity index (χ1v) is 10.7. The first-order chi connectivity index (χ1) is 12.6. The van der Waals surface area contributed by atoms with Gasteiger partial charge in [-0.05, 0) is 49.8 Å². The molecule has 0 radical (unpaired) electrons. The molecule has 2 N–H and O–H groups in total. The van der Waals surface area contributed by atoms with Crippen LogP contribution in [0.25, 0.3) is 0 Å². The Morgan fingerprint density at radius 2 is 1.81 bits per heavy atom. The van der Waals surface area contributed by atoms with Crippen LogP contribution in [0.1, 0.15) is 55.5 Å². The Hall–Kier alpha value is -1.93. The molecule has 0 spiro atoms. The number of carbonyl (C=O) groups is 2. The van der Waals surface area contributed by atoms with Gasteiger partial charge < -0.3 is 10.4 Å². The number of aliphatic carboxylic acids is 1. The largest absolute Gasteiger partial charge is 0.480 e. The van der Waals surface area contributed by atoms with Gasteiger partial charge in [-0.1, -0.05) is 26.3 Å². The van der Waals surface area contributed by atoms with Crippen LogP contribution >= 0.6 is 0 Å². The number of hydrogen-bond donors (Lipinski definition) is 2. The molecule has 0 aromatic heterocycles. The Kier molecular flexibility index (Phi) is 7.00. The van der Waals surface area contributed by atoms with Crippen LogP contribution in [0.2, 0.25) is 0 Å². The van der Waals surface area contributed by atoms with E-state index in [1.54, 1.807) is 13.0 Å². The number of sulfonamides is 1.